The summed E-state index contributed by atoms with van der Waals surface area (Å²) in [5.74, 6) is 1.82. The molecule has 0 aliphatic heterocycles. The molecule has 0 unspecified atom stereocenters. The highest BCUT2D eigenvalue weighted by Crippen LogP contribution is 2.20. The average molecular weight is 334 g/mol. The third kappa shape index (κ3) is 2.25. The Morgan fingerprint density at radius 2 is 2.00 bits per heavy atom. The molecule has 20 heavy (non-hydrogen) atoms. The van der Waals surface area contributed by atoms with Gasteiger partial charge in [-0.2, -0.15) is 9.61 Å². The van der Waals surface area contributed by atoms with Gasteiger partial charge >= 0.3 is 0 Å². The van der Waals surface area contributed by atoms with Crippen LogP contribution in [0.2, 0.25) is 0 Å². The number of nitrogens with two attached hydrogens (primary N) is 1. The Morgan fingerprint density at radius 3 is 2.65 bits per heavy atom. The zero-order valence-corrected chi connectivity index (χ0v) is 12.8. The van der Waals surface area contributed by atoms with Crippen LogP contribution in [0.3, 0.4) is 0 Å². The molecular weight excluding hydrogens is 318 g/mol. The van der Waals surface area contributed by atoms with Gasteiger partial charge in [0.05, 0.1) is 5.69 Å². The van der Waals surface area contributed by atoms with Crippen molar-refractivity contribution in [1.29, 1.82) is 0 Å². The summed E-state index contributed by atoms with van der Waals surface area (Å²) >= 11 is 3.55. The maximum absolute atomic E-state index is 5.59. The predicted octanol–water partition coefficient (Wildman–Crippen LogP) is 1.92. The van der Waals surface area contributed by atoms with E-state index in [1.54, 1.807) is 0 Å². The first-order chi connectivity index (χ1) is 9.70. The normalized spacial score (nSPS) is 11.3. The van der Waals surface area contributed by atoms with Crippen LogP contribution in [-0.4, -0.2) is 25.7 Å². The van der Waals surface area contributed by atoms with Gasteiger partial charge in [0, 0.05) is 19.9 Å². The molecule has 0 bridgehead atoms. The summed E-state index contributed by atoms with van der Waals surface area (Å²) in [6, 6.07) is 10.3. The number of rotatable bonds is 4. The van der Waals surface area contributed by atoms with Crippen LogP contribution in [0.15, 0.2) is 34.9 Å². The number of halogens is 1. The van der Waals surface area contributed by atoms with Gasteiger partial charge in [0.2, 0.25) is 5.78 Å². The fourth-order valence-corrected chi connectivity index (χ4v) is 2.78. The van der Waals surface area contributed by atoms with Gasteiger partial charge in [0.25, 0.3) is 0 Å². The fraction of sp³-hybridized carbons (Fsp3) is 0.286. The van der Waals surface area contributed by atoms with Gasteiger partial charge in [-0.3, -0.25) is 4.57 Å². The molecular formula is C14H16BrN5. The molecule has 2 aromatic heterocycles. The van der Waals surface area contributed by atoms with Crippen molar-refractivity contribution in [2.45, 2.75) is 12.8 Å². The lowest BCUT2D eigenvalue weighted by Gasteiger charge is -2.01. The molecule has 0 saturated heterocycles. The van der Waals surface area contributed by atoms with Crippen molar-refractivity contribution in [1.82, 2.24) is 19.2 Å². The summed E-state index contributed by atoms with van der Waals surface area (Å²) in [7, 11) is 1.99. The van der Waals surface area contributed by atoms with Crippen LogP contribution < -0.4 is 5.73 Å². The molecule has 2 N–H and O–H groups in total. The fourth-order valence-electron chi connectivity index (χ4n) is 2.26. The second-order valence-electron chi connectivity index (χ2n) is 4.74. The van der Waals surface area contributed by atoms with Gasteiger partial charge in [-0.25, -0.2) is 4.98 Å². The molecule has 3 rings (SSSR count). The van der Waals surface area contributed by atoms with Crippen LogP contribution in [-0.2, 0) is 19.9 Å². The maximum atomic E-state index is 5.59. The van der Waals surface area contributed by atoms with Crippen LogP contribution in [0.4, 0.5) is 0 Å². The van der Waals surface area contributed by atoms with Gasteiger partial charge in [-0.15, -0.1) is 0 Å². The van der Waals surface area contributed by atoms with Crippen molar-refractivity contribution in [2.24, 2.45) is 12.8 Å². The van der Waals surface area contributed by atoms with Crippen molar-refractivity contribution >= 4 is 21.7 Å². The lowest BCUT2D eigenvalue weighted by Crippen LogP contribution is -2.05. The third-order valence-electron chi connectivity index (χ3n) is 3.34. The molecule has 5 nitrogen and oxygen atoms in total. The summed E-state index contributed by atoms with van der Waals surface area (Å²) in [6.45, 7) is 0.583. The van der Waals surface area contributed by atoms with E-state index in [0.29, 0.717) is 6.54 Å². The highest BCUT2D eigenvalue weighted by molar-refractivity contribution is 9.10. The van der Waals surface area contributed by atoms with Crippen molar-refractivity contribution in [2.75, 3.05) is 6.54 Å². The SMILES string of the molecule is Cn1c(Cc2ccccc2)nn2c(Br)c(CCN)nc12. The second-order valence-corrected chi connectivity index (χ2v) is 5.49. The molecule has 0 saturated carbocycles. The highest BCUT2D eigenvalue weighted by Gasteiger charge is 2.16. The Hall–Kier alpha value is -1.66. The number of aryl methyl sites for hydroxylation is 1. The Balaban J connectivity index is 1.99. The first-order valence-corrected chi connectivity index (χ1v) is 7.32. The standard InChI is InChI=1S/C14H16BrN5/c1-19-12(9-10-5-3-2-4-6-10)18-20-13(15)11(7-8-16)17-14(19)20/h2-6H,7-9,16H2,1H3. The molecule has 0 atom stereocenters. The zero-order chi connectivity index (χ0) is 14.1. The minimum absolute atomic E-state index is 0.583. The van der Waals surface area contributed by atoms with Crippen molar-refractivity contribution < 1.29 is 0 Å². The minimum Gasteiger partial charge on any atom is -0.330 e. The van der Waals surface area contributed by atoms with Crippen LogP contribution in [0.5, 0.6) is 0 Å². The Bertz CT molecular complexity index is 729. The third-order valence-corrected chi connectivity index (χ3v) is 4.13. The Kier molecular flexibility index (Phi) is 3.58. The second kappa shape index (κ2) is 5.38. The van der Waals surface area contributed by atoms with Crippen LogP contribution >= 0.6 is 15.9 Å². The summed E-state index contributed by atoms with van der Waals surface area (Å²) in [6.07, 6.45) is 1.54. The number of aromatic nitrogens is 4. The van der Waals surface area contributed by atoms with Crippen molar-refractivity contribution in [3.63, 3.8) is 0 Å². The van der Waals surface area contributed by atoms with Crippen LogP contribution in [0.25, 0.3) is 5.78 Å². The summed E-state index contributed by atoms with van der Waals surface area (Å²) in [4.78, 5) is 4.60. The van der Waals surface area contributed by atoms with Gasteiger partial charge in [-0.05, 0) is 28.0 Å². The molecule has 0 radical (unpaired) electrons. The molecule has 0 amide bonds. The van der Waals surface area contributed by atoms with E-state index < -0.39 is 0 Å². The average Bonchev–Trinajstić information content (AvgIpc) is 2.92. The lowest BCUT2D eigenvalue weighted by molar-refractivity contribution is 0.811. The van der Waals surface area contributed by atoms with E-state index in [1.165, 1.54) is 5.56 Å². The van der Waals surface area contributed by atoms with Crippen LogP contribution in [0.1, 0.15) is 17.1 Å². The number of imidazole rings is 1. The number of benzene rings is 1. The van der Waals surface area contributed by atoms with Gasteiger partial charge in [0.1, 0.15) is 10.4 Å². The molecule has 6 heteroatoms. The van der Waals surface area contributed by atoms with E-state index in [0.717, 1.165) is 34.7 Å². The first kappa shape index (κ1) is 13.3. The van der Waals surface area contributed by atoms with E-state index in [4.69, 9.17) is 5.73 Å². The smallest absolute Gasteiger partial charge is 0.233 e. The van der Waals surface area contributed by atoms with E-state index in [2.05, 4.69) is 38.1 Å². The highest BCUT2D eigenvalue weighted by atomic mass is 79.9. The molecule has 2 heterocycles. The van der Waals surface area contributed by atoms with Crippen molar-refractivity contribution in [3.05, 3.63) is 52.0 Å². The lowest BCUT2D eigenvalue weighted by atomic mass is 10.1. The van der Waals surface area contributed by atoms with E-state index in [1.807, 2.05) is 34.3 Å². The van der Waals surface area contributed by atoms with Gasteiger partial charge in [0.15, 0.2) is 0 Å². The zero-order valence-electron chi connectivity index (χ0n) is 11.3. The van der Waals surface area contributed by atoms with E-state index in [-0.39, 0.29) is 0 Å². The Labute approximate surface area is 125 Å². The van der Waals surface area contributed by atoms with E-state index in [9.17, 15) is 0 Å². The predicted molar refractivity (Wildman–Crippen MR) is 81.7 cm³/mol. The molecule has 0 aliphatic carbocycles. The molecule has 0 spiro atoms. The largest absolute Gasteiger partial charge is 0.330 e. The molecule has 104 valence electrons. The number of hydrogen-bond donors (Lipinski definition) is 1. The monoisotopic (exact) mass is 333 g/mol. The number of fused-ring (bicyclic) bond motifs is 1. The van der Waals surface area contributed by atoms with Gasteiger partial charge in [-0.1, -0.05) is 30.3 Å². The topological polar surface area (TPSA) is 61.1 Å². The molecule has 1 aromatic carbocycles. The summed E-state index contributed by atoms with van der Waals surface area (Å²) < 4.78 is 4.76. The van der Waals surface area contributed by atoms with Gasteiger partial charge < -0.3 is 5.73 Å². The number of hydrogen-bond acceptors (Lipinski definition) is 3. The minimum atomic E-state index is 0.583. The van der Waals surface area contributed by atoms with E-state index >= 15 is 0 Å². The summed E-state index contributed by atoms with van der Waals surface area (Å²) in [5.41, 5.74) is 7.79. The first-order valence-electron chi connectivity index (χ1n) is 6.53. The number of nitrogens with zero attached hydrogens (tertiary/aromatic N) is 4. The van der Waals surface area contributed by atoms with Crippen LogP contribution in [0, 0.1) is 0 Å². The molecule has 3 aromatic rings. The summed E-state index contributed by atoms with van der Waals surface area (Å²) in [5, 5.41) is 4.64. The molecule has 0 fully saturated rings. The Morgan fingerprint density at radius 1 is 1.25 bits per heavy atom. The molecule has 0 aliphatic rings. The van der Waals surface area contributed by atoms with Crippen molar-refractivity contribution in [3.8, 4) is 0 Å². The quantitative estimate of drug-likeness (QED) is 0.793. The maximum Gasteiger partial charge on any atom is 0.233 e.